The second-order valence-corrected chi connectivity index (χ2v) is 12.6. The van der Waals surface area contributed by atoms with Gasteiger partial charge in [0.05, 0.1) is 25.5 Å². The molecule has 0 spiro atoms. The zero-order valence-electron chi connectivity index (χ0n) is 26.7. The number of rotatable bonds is 13. The van der Waals surface area contributed by atoms with Crippen molar-refractivity contribution in [3.8, 4) is 11.1 Å². The zero-order chi connectivity index (χ0) is 33.4. The molecule has 1 aliphatic rings. The number of aliphatic hydroxyl groups excluding tert-OH is 1. The maximum absolute atomic E-state index is 14.1. The largest absolute Gasteiger partial charge is 0.391 e. The average molecular weight is 634 g/mol. The molecule has 1 aromatic heterocycles. The molecule has 4 amide bonds. The maximum atomic E-state index is 14.1. The molecular formula is C33H43N7O6. The van der Waals surface area contributed by atoms with Crippen molar-refractivity contribution in [1.29, 1.82) is 0 Å². The van der Waals surface area contributed by atoms with E-state index in [0.717, 1.165) is 16.7 Å². The Hall–Kier alpha value is -4.62. The lowest BCUT2D eigenvalue weighted by Crippen LogP contribution is -2.54. The molecular weight excluding hydrogens is 590 g/mol. The van der Waals surface area contributed by atoms with E-state index < -0.39 is 47.4 Å². The van der Waals surface area contributed by atoms with Crippen LogP contribution < -0.4 is 16.4 Å². The minimum Gasteiger partial charge on any atom is -0.391 e. The molecule has 1 saturated heterocycles. The van der Waals surface area contributed by atoms with Gasteiger partial charge in [-0.3, -0.25) is 19.2 Å². The summed E-state index contributed by atoms with van der Waals surface area (Å²) in [7, 11) is 0. The first-order valence-corrected chi connectivity index (χ1v) is 15.3. The molecule has 4 rings (SSSR count). The van der Waals surface area contributed by atoms with Gasteiger partial charge in [-0.15, -0.1) is 5.10 Å². The SMILES string of the molecule is CC(=O)NCCOCc1cn(C(C(=O)N2CC(O)CC2C(=O)NC(Cc2ccc(-c3ccccc3)cc2)C(N)=O)C(C)(C)C)nn1. The van der Waals surface area contributed by atoms with Crippen LogP contribution in [-0.4, -0.2) is 86.5 Å². The lowest BCUT2D eigenvalue weighted by atomic mass is 9.85. The van der Waals surface area contributed by atoms with Gasteiger partial charge in [-0.1, -0.05) is 80.6 Å². The summed E-state index contributed by atoms with van der Waals surface area (Å²) in [4.78, 5) is 52.4. The minimum absolute atomic E-state index is 0.0104. The van der Waals surface area contributed by atoms with Crippen LogP contribution in [0.15, 0.2) is 60.8 Å². The first-order chi connectivity index (χ1) is 21.8. The molecule has 1 aliphatic heterocycles. The number of aliphatic hydroxyl groups is 1. The van der Waals surface area contributed by atoms with E-state index in [4.69, 9.17) is 10.5 Å². The third kappa shape index (κ3) is 8.98. The number of likely N-dealkylation sites (tertiary alicyclic amines) is 1. The number of nitrogens with zero attached hydrogens (tertiary/aromatic N) is 4. The third-order valence-electron chi connectivity index (χ3n) is 7.77. The van der Waals surface area contributed by atoms with E-state index in [2.05, 4.69) is 20.9 Å². The number of carbonyl (C=O) groups excluding carboxylic acids is 4. The number of nitrogens with two attached hydrogens (primary N) is 1. The zero-order valence-corrected chi connectivity index (χ0v) is 26.7. The van der Waals surface area contributed by atoms with Gasteiger partial charge in [-0.2, -0.15) is 0 Å². The summed E-state index contributed by atoms with van der Waals surface area (Å²) in [6, 6.07) is 14.6. The molecule has 13 heteroatoms. The van der Waals surface area contributed by atoms with Crippen LogP contribution in [0.1, 0.15) is 51.4 Å². The number of ether oxygens (including phenoxy) is 1. The Morgan fingerprint density at radius 3 is 2.37 bits per heavy atom. The summed E-state index contributed by atoms with van der Waals surface area (Å²) in [6.07, 6.45) is 0.857. The van der Waals surface area contributed by atoms with Crippen molar-refractivity contribution in [3.63, 3.8) is 0 Å². The van der Waals surface area contributed by atoms with Crippen LogP contribution in [-0.2, 0) is 36.9 Å². The molecule has 0 radical (unpaired) electrons. The summed E-state index contributed by atoms with van der Waals surface area (Å²) in [5, 5.41) is 24.2. The van der Waals surface area contributed by atoms with Gasteiger partial charge in [0.2, 0.25) is 23.6 Å². The molecule has 2 heterocycles. The second-order valence-electron chi connectivity index (χ2n) is 12.6. The lowest BCUT2D eigenvalue weighted by Gasteiger charge is -2.34. The first-order valence-electron chi connectivity index (χ1n) is 15.3. The van der Waals surface area contributed by atoms with Crippen molar-refractivity contribution >= 4 is 23.6 Å². The summed E-state index contributed by atoms with van der Waals surface area (Å²) >= 11 is 0. The third-order valence-corrected chi connectivity index (χ3v) is 7.77. The van der Waals surface area contributed by atoms with Crippen molar-refractivity contribution in [1.82, 2.24) is 30.5 Å². The molecule has 3 aromatic rings. The maximum Gasteiger partial charge on any atom is 0.248 e. The molecule has 13 nitrogen and oxygen atoms in total. The van der Waals surface area contributed by atoms with Gasteiger partial charge in [-0.25, -0.2) is 4.68 Å². The second kappa shape index (κ2) is 15.1. The Labute approximate surface area is 268 Å². The van der Waals surface area contributed by atoms with Crippen molar-refractivity contribution in [2.45, 2.75) is 71.4 Å². The summed E-state index contributed by atoms with van der Waals surface area (Å²) < 4.78 is 6.99. The number of carbonyl (C=O) groups is 4. The molecule has 0 aliphatic carbocycles. The van der Waals surface area contributed by atoms with E-state index in [9.17, 15) is 24.3 Å². The van der Waals surface area contributed by atoms with Gasteiger partial charge >= 0.3 is 0 Å². The number of primary amides is 1. The highest BCUT2D eigenvalue weighted by Gasteiger charge is 2.45. The van der Waals surface area contributed by atoms with Gasteiger partial charge in [0.15, 0.2) is 0 Å². The Morgan fingerprint density at radius 1 is 1.07 bits per heavy atom. The normalized spacial score (nSPS) is 17.7. The van der Waals surface area contributed by atoms with Crippen molar-refractivity contribution in [3.05, 3.63) is 72.1 Å². The van der Waals surface area contributed by atoms with Gasteiger partial charge in [0, 0.05) is 32.9 Å². The quantitative estimate of drug-likeness (QED) is 0.204. The Kier molecular flexibility index (Phi) is 11.3. The fourth-order valence-corrected chi connectivity index (χ4v) is 5.52. The number of hydrogen-bond donors (Lipinski definition) is 4. The fourth-order valence-electron chi connectivity index (χ4n) is 5.52. The van der Waals surface area contributed by atoms with E-state index >= 15 is 0 Å². The topological polar surface area (TPSA) is 182 Å². The summed E-state index contributed by atoms with van der Waals surface area (Å²) in [5.41, 5.74) is 8.40. The van der Waals surface area contributed by atoms with Crippen LogP contribution in [0.3, 0.4) is 0 Å². The highest BCUT2D eigenvalue weighted by molar-refractivity contribution is 5.93. The molecule has 1 fully saturated rings. The molecule has 4 unspecified atom stereocenters. The standard InChI is InChI=1S/C33H43N7O6/c1-21(41)35-14-15-46-20-25-18-40(38-37-25)29(33(2,3)4)32(45)39-19-26(42)17-28(39)31(44)36-27(30(34)43)16-22-10-12-24(13-11-22)23-8-6-5-7-9-23/h5-13,18,26-29,42H,14-17,19-20H2,1-4H3,(H2,34,43)(H,35,41)(H,36,44). The Morgan fingerprint density at radius 2 is 1.74 bits per heavy atom. The monoisotopic (exact) mass is 633 g/mol. The van der Waals surface area contributed by atoms with Crippen LogP contribution in [0, 0.1) is 5.41 Å². The number of benzene rings is 2. The van der Waals surface area contributed by atoms with Crippen LogP contribution >= 0.6 is 0 Å². The summed E-state index contributed by atoms with van der Waals surface area (Å²) in [5.74, 6) is -1.86. The predicted molar refractivity (Wildman–Crippen MR) is 170 cm³/mol. The lowest BCUT2D eigenvalue weighted by molar-refractivity contribution is -0.144. The van der Waals surface area contributed by atoms with E-state index in [1.54, 1.807) is 6.20 Å². The molecule has 246 valence electrons. The highest BCUT2D eigenvalue weighted by Crippen LogP contribution is 2.34. The molecule has 0 bridgehead atoms. The minimum atomic E-state index is -1.02. The highest BCUT2D eigenvalue weighted by atomic mass is 16.5. The number of amides is 4. The van der Waals surface area contributed by atoms with E-state index in [-0.39, 0.29) is 38.5 Å². The van der Waals surface area contributed by atoms with E-state index in [1.165, 1.54) is 16.5 Å². The van der Waals surface area contributed by atoms with Crippen LogP contribution in [0.4, 0.5) is 0 Å². The van der Waals surface area contributed by atoms with Gasteiger partial charge < -0.3 is 31.1 Å². The van der Waals surface area contributed by atoms with Crippen molar-refractivity contribution < 1.29 is 29.0 Å². The Bertz CT molecular complexity index is 1500. The summed E-state index contributed by atoms with van der Waals surface area (Å²) in [6.45, 7) is 7.73. The Balaban J connectivity index is 1.44. The van der Waals surface area contributed by atoms with Crippen LogP contribution in [0.25, 0.3) is 11.1 Å². The van der Waals surface area contributed by atoms with Gasteiger partial charge in [0.1, 0.15) is 23.8 Å². The molecule has 4 atom stereocenters. The molecule has 5 N–H and O–H groups in total. The molecule has 2 aromatic carbocycles. The van der Waals surface area contributed by atoms with E-state index in [1.807, 2.05) is 75.4 Å². The van der Waals surface area contributed by atoms with E-state index in [0.29, 0.717) is 12.2 Å². The van der Waals surface area contributed by atoms with Gasteiger partial charge in [0.25, 0.3) is 0 Å². The van der Waals surface area contributed by atoms with Crippen molar-refractivity contribution in [2.75, 3.05) is 19.7 Å². The number of β-amino-alcohol motifs (C(OH)–C–C–N with tert-alkyl or cyclic N) is 1. The van der Waals surface area contributed by atoms with Crippen LogP contribution in [0.2, 0.25) is 0 Å². The van der Waals surface area contributed by atoms with Gasteiger partial charge in [-0.05, 0) is 22.1 Å². The first kappa shape index (κ1) is 34.3. The number of aromatic nitrogens is 3. The molecule has 46 heavy (non-hydrogen) atoms. The number of nitrogens with one attached hydrogen (secondary N) is 2. The average Bonchev–Trinajstić information content (AvgIpc) is 3.63. The molecule has 0 saturated carbocycles. The fraction of sp³-hybridized carbons (Fsp3) is 0.455. The van der Waals surface area contributed by atoms with Crippen LogP contribution in [0.5, 0.6) is 0 Å². The smallest absolute Gasteiger partial charge is 0.248 e. The predicted octanol–water partition coefficient (Wildman–Crippen LogP) is 1.36. The number of hydrogen-bond acceptors (Lipinski definition) is 8. The van der Waals surface area contributed by atoms with Crippen molar-refractivity contribution in [2.24, 2.45) is 11.1 Å².